The molecule has 0 radical (unpaired) electrons. The van der Waals surface area contributed by atoms with Gasteiger partial charge in [-0.25, -0.2) is 5.01 Å². The molecule has 0 aliphatic rings. The second kappa shape index (κ2) is 6.49. The van der Waals surface area contributed by atoms with Gasteiger partial charge in [0.05, 0.1) is 8.68 Å². The normalized spacial score (nSPS) is 11.7. The zero-order chi connectivity index (χ0) is 16.5. The summed E-state index contributed by atoms with van der Waals surface area (Å²) in [6, 6.07) is 8.31. The first-order valence-electron chi connectivity index (χ1n) is 6.36. The third-order valence-corrected chi connectivity index (χ3v) is 6.49. The summed E-state index contributed by atoms with van der Waals surface area (Å²) in [5.74, 6) is -0.0984. The van der Waals surface area contributed by atoms with E-state index in [9.17, 15) is 8.42 Å². The number of sulfonamides is 1. The monoisotopic (exact) mass is 401 g/mol. The van der Waals surface area contributed by atoms with E-state index in [1.165, 1.54) is 16.3 Å². The maximum atomic E-state index is 12.9. The summed E-state index contributed by atoms with van der Waals surface area (Å²) in [6.45, 7) is 1.89. The van der Waals surface area contributed by atoms with Crippen LogP contribution in [0.2, 0.25) is 0 Å². The molecule has 0 saturated heterocycles. The lowest BCUT2D eigenvalue weighted by atomic mass is 10.2. The van der Waals surface area contributed by atoms with Gasteiger partial charge in [0, 0.05) is 19.7 Å². The van der Waals surface area contributed by atoms with Gasteiger partial charge < -0.3 is 0 Å². The maximum Gasteiger partial charge on any atom is 0.279 e. The highest BCUT2D eigenvalue weighted by atomic mass is 79.9. The highest BCUT2D eigenvalue weighted by Crippen LogP contribution is 2.27. The Bertz CT molecular complexity index is 783. The average molecular weight is 402 g/mol. The van der Waals surface area contributed by atoms with Crippen molar-refractivity contribution >= 4 is 43.1 Å². The van der Waals surface area contributed by atoms with Gasteiger partial charge in [-0.2, -0.15) is 12.8 Å². The fraction of sp³-hybridized carbons (Fsp3) is 0.214. The fourth-order valence-corrected chi connectivity index (χ4v) is 4.62. The molecule has 0 saturated carbocycles. The molecule has 0 unspecified atom stereocenters. The number of nitrogens with one attached hydrogen (secondary N) is 1. The van der Waals surface area contributed by atoms with Gasteiger partial charge in [-0.15, -0.1) is 11.3 Å². The maximum absolute atomic E-state index is 12.9. The molecule has 0 aliphatic heterocycles. The average Bonchev–Trinajstić information content (AvgIpc) is 2.84. The van der Waals surface area contributed by atoms with Crippen molar-refractivity contribution in [2.75, 3.05) is 14.1 Å². The van der Waals surface area contributed by atoms with Gasteiger partial charge in [-0.1, -0.05) is 17.7 Å². The molecule has 1 aromatic carbocycles. The van der Waals surface area contributed by atoms with E-state index in [1.807, 2.05) is 6.92 Å². The van der Waals surface area contributed by atoms with Gasteiger partial charge >= 0.3 is 0 Å². The first-order chi connectivity index (χ1) is 10.2. The number of hydrazine groups is 1. The predicted octanol–water partition coefficient (Wildman–Crippen LogP) is 3.31. The van der Waals surface area contributed by atoms with E-state index in [-0.39, 0.29) is 10.7 Å². The fourth-order valence-electron chi connectivity index (χ4n) is 1.91. The van der Waals surface area contributed by atoms with Gasteiger partial charge in [0.25, 0.3) is 10.0 Å². The van der Waals surface area contributed by atoms with Crippen molar-refractivity contribution in [3.8, 4) is 0 Å². The van der Waals surface area contributed by atoms with Crippen molar-refractivity contribution in [1.29, 1.82) is 5.41 Å². The topological polar surface area (TPSA) is 64.5 Å². The number of hydrogen-bond acceptors (Lipinski definition) is 5. The Kier molecular flexibility index (Phi) is 5.06. The van der Waals surface area contributed by atoms with Crippen molar-refractivity contribution in [3.05, 3.63) is 50.6 Å². The van der Waals surface area contributed by atoms with Crippen LogP contribution in [0, 0.1) is 12.3 Å². The smallest absolute Gasteiger partial charge is 0.279 e. The SMILES string of the molecule is Cc1ccc(S(=O)(=O)N(C(=N)c2ccsc2Br)N(C)C)cc1. The molecule has 2 aromatic rings. The van der Waals surface area contributed by atoms with Crippen LogP contribution in [0.25, 0.3) is 0 Å². The third-order valence-electron chi connectivity index (χ3n) is 2.97. The number of thiophene rings is 1. The first kappa shape index (κ1) is 17.1. The Morgan fingerprint density at radius 1 is 1.18 bits per heavy atom. The Morgan fingerprint density at radius 3 is 2.23 bits per heavy atom. The number of nitrogens with zero attached hydrogens (tertiary/aromatic N) is 2. The van der Waals surface area contributed by atoms with Crippen molar-refractivity contribution in [2.45, 2.75) is 11.8 Å². The summed E-state index contributed by atoms with van der Waals surface area (Å²) < 4.78 is 27.4. The van der Waals surface area contributed by atoms with E-state index in [0.717, 1.165) is 13.8 Å². The molecule has 0 amide bonds. The lowest BCUT2D eigenvalue weighted by Crippen LogP contribution is -2.46. The molecular weight excluding hydrogens is 386 g/mol. The van der Waals surface area contributed by atoms with E-state index in [2.05, 4.69) is 15.9 Å². The number of hydrogen-bond donors (Lipinski definition) is 1. The summed E-state index contributed by atoms with van der Waals surface area (Å²) in [5, 5.41) is 11.5. The second-order valence-corrected chi connectivity index (χ2v) is 8.87. The number of benzene rings is 1. The lowest BCUT2D eigenvalue weighted by Gasteiger charge is -2.30. The molecule has 1 N–H and O–H groups in total. The summed E-state index contributed by atoms with van der Waals surface area (Å²) in [6.07, 6.45) is 0. The zero-order valence-electron chi connectivity index (χ0n) is 12.4. The van der Waals surface area contributed by atoms with E-state index < -0.39 is 10.0 Å². The molecule has 1 aromatic heterocycles. The summed E-state index contributed by atoms with van der Waals surface area (Å²) in [4.78, 5) is 0.155. The first-order valence-corrected chi connectivity index (χ1v) is 9.47. The van der Waals surface area contributed by atoms with Crippen LogP contribution in [-0.4, -0.2) is 37.8 Å². The number of amidine groups is 1. The van der Waals surface area contributed by atoms with Gasteiger partial charge in [0.15, 0.2) is 5.84 Å². The Morgan fingerprint density at radius 2 is 1.77 bits per heavy atom. The minimum atomic E-state index is -3.84. The molecule has 0 atom stereocenters. The second-order valence-electron chi connectivity index (χ2n) is 4.86. The van der Waals surface area contributed by atoms with Crippen LogP contribution in [0.5, 0.6) is 0 Å². The van der Waals surface area contributed by atoms with Gasteiger partial charge in [-0.3, -0.25) is 5.41 Å². The van der Waals surface area contributed by atoms with Crippen LogP contribution in [0.1, 0.15) is 11.1 Å². The van der Waals surface area contributed by atoms with Crippen LogP contribution in [-0.2, 0) is 10.0 Å². The molecule has 5 nitrogen and oxygen atoms in total. The molecule has 0 bridgehead atoms. The van der Waals surface area contributed by atoms with Crippen molar-refractivity contribution in [3.63, 3.8) is 0 Å². The number of aryl methyl sites for hydroxylation is 1. The number of halogens is 1. The van der Waals surface area contributed by atoms with Crippen LogP contribution in [0.15, 0.2) is 44.4 Å². The van der Waals surface area contributed by atoms with E-state index >= 15 is 0 Å². The largest absolute Gasteiger partial charge is 0.282 e. The molecular formula is C14H16BrN3O2S2. The third kappa shape index (κ3) is 3.24. The van der Waals surface area contributed by atoms with Crippen LogP contribution < -0.4 is 0 Å². The highest BCUT2D eigenvalue weighted by Gasteiger charge is 2.31. The molecule has 2 rings (SSSR count). The van der Waals surface area contributed by atoms with Gasteiger partial charge in [-0.05, 0) is 46.4 Å². The molecule has 0 aliphatic carbocycles. The van der Waals surface area contributed by atoms with E-state index in [0.29, 0.717) is 5.56 Å². The standard InChI is InChI=1S/C14H16BrN3O2S2/c1-10-4-6-11(7-5-10)22(19,20)18(17(2)3)14(16)12-8-9-21-13(12)15/h4-9,16H,1-3H3. The molecule has 22 heavy (non-hydrogen) atoms. The zero-order valence-corrected chi connectivity index (χ0v) is 15.6. The molecule has 0 spiro atoms. The van der Waals surface area contributed by atoms with Gasteiger partial charge in [0.2, 0.25) is 0 Å². The lowest BCUT2D eigenvalue weighted by molar-refractivity contribution is 0.210. The predicted molar refractivity (Wildman–Crippen MR) is 92.7 cm³/mol. The minimum Gasteiger partial charge on any atom is -0.282 e. The van der Waals surface area contributed by atoms with Crippen LogP contribution in [0.3, 0.4) is 0 Å². The van der Waals surface area contributed by atoms with Crippen LogP contribution >= 0.6 is 27.3 Å². The summed E-state index contributed by atoms with van der Waals surface area (Å²) >= 11 is 4.76. The minimum absolute atomic E-state index is 0.0984. The molecule has 8 heteroatoms. The van der Waals surface area contributed by atoms with Crippen LogP contribution in [0.4, 0.5) is 0 Å². The Balaban J connectivity index is 2.50. The molecule has 118 valence electrons. The Hall–Kier alpha value is -1.22. The Labute approximate surface area is 142 Å². The summed E-state index contributed by atoms with van der Waals surface area (Å²) in [5.41, 5.74) is 1.51. The van der Waals surface area contributed by atoms with Gasteiger partial charge in [0.1, 0.15) is 0 Å². The van der Waals surface area contributed by atoms with E-state index in [1.54, 1.807) is 49.8 Å². The highest BCUT2D eigenvalue weighted by molar-refractivity contribution is 9.11. The molecule has 0 fully saturated rings. The van der Waals surface area contributed by atoms with E-state index in [4.69, 9.17) is 5.41 Å². The summed E-state index contributed by atoms with van der Waals surface area (Å²) in [7, 11) is -0.645. The van der Waals surface area contributed by atoms with Crippen molar-refractivity contribution in [1.82, 2.24) is 9.42 Å². The van der Waals surface area contributed by atoms with Crippen molar-refractivity contribution < 1.29 is 8.42 Å². The van der Waals surface area contributed by atoms with Crippen molar-refractivity contribution in [2.24, 2.45) is 0 Å². The quantitative estimate of drug-likeness (QED) is 0.485. The number of rotatable bonds is 4. The molecule has 1 heterocycles.